The predicted molar refractivity (Wildman–Crippen MR) is 93.3 cm³/mol. The fourth-order valence-electron chi connectivity index (χ4n) is 2.83. The molecule has 0 atom stereocenters. The summed E-state index contributed by atoms with van der Waals surface area (Å²) in [7, 11) is 0. The maximum Gasteiger partial charge on any atom is 0.235 e. The summed E-state index contributed by atoms with van der Waals surface area (Å²) in [6.45, 7) is 0. The average molecular weight is 321 g/mol. The zero-order chi connectivity index (χ0) is 17.2. The van der Waals surface area contributed by atoms with Crippen LogP contribution in [0.2, 0.25) is 0 Å². The van der Waals surface area contributed by atoms with E-state index in [1.807, 2.05) is 59.0 Å². The van der Waals surface area contributed by atoms with E-state index in [0.29, 0.717) is 17.0 Å². The molecule has 0 bridgehead atoms. The molecule has 2 aromatic heterocycles. The quantitative estimate of drug-likeness (QED) is 0.562. The third kappa shape index (κ3) is 2.50. The minimum atomic E-state index is 0.335. The van der Waals surface area contributed by atoms with E-state index in [9.17, 15) is 5.26 Å². The Balaban J connectivity index is 1.86. The highest BCUT2D eigenvalue weighted by Gasteiger charge is 2.10. The van der Waals surface area contributed by atoms with Gasteiger partial charge in [0.05, 0.1) is 23.5 Å². The second kappa shape index (κ2) is 5.92. The van der Waals surface area contributed by atoms with Crippen molar-refractivity contribution in [2.75, 3.05) is 0 Å². The first kappa shape index (κ1) is 14.6. The molecule has 2 aromatic carbocycles. The molecule has 0 saturated heterocycles. The molecule has 0 N–H and O–H groups in total. The summed E-state index contributed by atoms with van der Waals surface area (Å²) in [5.41, 5.74) is 4.67. The van der Waals surface area contributed by atoms with Gasteiger partial charge in [0, 0.05) is 11.8 Å². The first-order chi connectivity index (χ1) is 12.3. The number of hydrogen-bond acceptors (Lipinski definition) is 4. The molecule has 0 aliphatic heterocycles. The lowest BCUT2D eigenvalue weighted by molar-refractivity contribution is 1.10. The van der Waals surface area contributed by atoms with Crippen LogP contribution in [0.3, 0.4) is 0 Å². The first-order valence-electron chi connectivity index (χ1n) is 7.64. The Labute approximate surface area is 144 Å². The molecule has 25 heavy (non-hydrogen) atoms. The predicted octanol–water partition coefficient (Wildman–Crippen LogP) is 3.81. The molecule has 4 aromatic rings. The van der Waals surface area contributed by atoms with Crippen LogP contribution in [-0.2, 0) is 0 Å². The zero-order valence-electron chi connectivity index (χ0n) is 13.1. The van der Waals surface area contributed by atoms with E-state index in [1.165, 1.54) is 0 Å². The molecule has 4 rings (SSSR count). The standard InChI is InChI=1S/C20H11N5/c21-11-16-4-1-2-7-18(16)14-5-3-6-15(10-14)19-13-23-20-24-17(12-22)8-9-25(19)20/h1-10,13H. The van der Waals surface area contributed by atoms with Crippen LogP contribution in [0.5, 0.6) is 0 Å². The minimum Gasteiger partial charge on any atom is -0.284 e. The summed E-state index contributed by atoms with van der Waals surface area (Å²) >= 11 is 0. The number of hydrogen-bond donors (Lipinski definition) is 0. The number of fused-ring (bicyclic) bond motifs is 1. The molecular weight excluding hydrogens is 310 g/mol. The smallest absolute Gasteiger partial charge is 0.235 e. The van der Waals surface area contributed by atoms with Gasteiger partial charge in [0.1, 0.15) is 11.8 Å². The van der Waals surface area contributed by atoms with Gasteiger partial charge < -0.3 is 0 Å². The molecule has 0 aliphatic carbocycles. The Morgan fingerprint density at radius 1 is 0.880 bits per heavy atom. The van der Waals surface area contributed by atoms with Crippen molar-refractivity contribution >= 4 is 5.78 Å². The third-order valence-corrected chi connectivity index (χ3v) is 4.01. The first-order valence-corrected chi connectivity index (χ1v) is 7.64. The van der Waals surface area contributed by atoms with E-state index in [0.717, 1.165) is 22.4 Å². The highest BCUT2D eigenvalue weighted by molar-refractivity contribution is 5.75. The molecule has 0 unspecified atom stereocenters. The lowest BCUT2D eigenvalue weighted by Gasteiger charge is -2.07. The van der Waals surface area contributed by atoms with E-state index < -0.39 is 0 Å². The Hall–Kier alpha value is -3.96. The summed E-state index contributed by atoms with van der Waals surface area (Å²) in [5.74, 6) is 0.483. The van der Waals surface area contributed by atoms with Crippen molar-refractivity contribution in [1.29, 1.82) is 10.5 Å². The van der Waals surface area contributed by atoms with E-state index >= 15 is 0 Å². The van der Waals surface area contributed by atoms with E-state index in [-0.39, 0.29) is 0 Å². The van der Waals surface area contributed by atoms with Crippen LogP contribution < -0.4 is 0 Å². The topological polar surface area (TPSA) is 77.8 Å². The summed E-state index contributed by atoms with van der Waals surface area (Å²) < 4.78 is 1.84. The van der Waals surface area contributed by atoms with Gasteiger partial charge in [-0.25, -0.2) is 9.97 Å². The molecule has 0 saturated carbocycles. The Morgan fingerprint density at radius 3 is 2.56 bits per heavy atom. The number of rotatable bonds is 2. The van der Waals surface area contributed by atoms with Crippen molar-refractivity contribution in [3.8, 4) is 34.5 Å². The SMILES string of the molecule is N#Cc1ccn2c(-c3cccc(-c4ccccc4C#N)c3)cnc2n1. The van der Waals surface area contributed by atoms with Crippen LogP contribution in [0.4, 0.5) is 0 Å². The average Bonchev–Trinajstić information content (AvgIpc) is 3.11. The van der Waals surface area contributed by atoms with Gasteiger partial charge in [0.15, 0.2) is 0 Å². The summed E-state index contributed by atoms with van der Waals surface area (Å²) in [6.07, 6.45) is 3.53. The molecule has 5 nitrogen and oxygen atoms in total. The molecular formula is C20H11N5. The number of benzene rings is 2. The van der Waals surface area contributed by atoms with Crippen LogP contribution in [0.25, 0.3) is 28.2 Å². The van der Waals surface area contributed by atoms with Gasteiger partial charge in [0.2, 0.25) is 5.78 Å². The second-order valence-corrected chi connectivity index (χ2v) is 5.48. The van der Waals surface area contributed by atoms with Gasteiger partial charge >= 0.3 is 0 Å². The Bertz CT molecular complexity index is 1170. The molecule has 5 heteroatoms. The molecule has 0 amide bonds. The van der Waals surface area contributed by atoms with Crippen LogP contribution >= 0.6 is 0 Å². The zero-order valence-corrected chi connectivity index (χ0v) is 13.1. The lowest BCUT2D eigenvalue weighted by Crippen LogP contribution is -1.93. The molecule has 0 aliphatic rings. The number of nitriles is 2. The summed E-state index contributed by atoms with van der Waals surface area (Å²) in [5, 5.41) is 18.3. The lowest BCUT2D eigenvalue weighted by atomic mass is 9.98. The van der Waals surface area contributed by atoms with Crippen molar-refractivity contribution in [3.05, 3.63) is 78.2 Å². The monoisotopic (exact) mass is 321 g/mol. The van der Waals surface area contributed by atoms with Crippen LogP contribution in [0, 0.1) is 22.7 Å². The van der Waals surface area contributed by atoms with Gasteiger partial charge in [-0.3, -0.25) is 4.40 Å². The maximum absolute atomic E-state index is 9.33. The van der Waals surface area contributed by atoms with Gasteiger partial charge in [-0.1, -0.05) is 36.4 Å². The summed E-state index contributed by atoms with van der Waals surface area (Å²) in [6, 6.07) is 21.4. The number of aromatic nitrogens is 3. The maximum atomic E-state index is 9.33. The highest BCUT2D eigenvalue weighted by atomic mass is 15.1. The fraction of sp³-hybridized carbons (Fsp3) is 0. The van der Waals surface area contributed by atoms with E-state index in [2.05, 4.69) is 16.0 Å². The van der Waals surface area contributed by atoms with E-state index in [4.69, 9.17) is 5.26 Å². The third-order valence-electron chi connectivity index (χ3n) is 4.01. The van der Waals surface area contributed by atoms with Crippen molar-refractivity contribution in [2.24, 2.45) is 0 Å². The van der Waals surface area contributed by atoms with Gasteiger partial charge in [-0.2, -0.15) is 10.5 Å². The van der Waals surface area contributed by atoms with E-state index in [1.54, 1.807) is 18.5 Å². The van der Waals surface area contributed by atoms with Crippen molar-refractivity contribution in [1.82, 2.24) is 14.4 Å². The van der Waals surface area contributed by atoms with Crippen molar-refractivity contribution in [3.63, 3.8) is 0 Å². The highest BCUT2D eigenvalue weighted by Crippen LogP contribution is 2.28. The number of imidazole rings is 1. The Kier molecular flexibility index (Phi) is 3.46. The van der Waals surface area contributed by atoms with Crippen LogP contribution in [-0.4, -0.2) is 14.4 Å². The Morgan fingerprint density at radius 2 is 1.72 bits per heavy atom. The van der Waals surface area contributed by atoms with Gasteiger partial charge in [0.25, 0.3) is 0 Å². The molecule has 0 fully saturated rings. The fourth-order valence-corrected chi connectivity index (χ4v) is 2.83. The molecule has 0 spiro atoms. The van der Waals surface area contributed by atoms with Gasteiger partial charge in [-0.05, 0) is 29.3 Å². The normalized spacial score (nSPS) is 10.3. The molecule has 2 heterocycles. The second-order valence-electron chi connectivity index (χ2n) is 5.48. The van der Waals surface area contributed by atoms with Crippen LogP contribution in [0.1, 0.15) is 11.3 Å². The summed E-state index contributed by atoms with van der Waals surface area (Å²) in [4.78, 5) is 8.48. The molecule has 116 valence electrons. The number of nitrogens with zero attached hydrogens (tertiary/aromatic N) is 5. The van der Waals surface area contributed by atoms with Gasteiger partial charge in [-0.15, -0.1) is 0 Å². The minimum absolute atomic E-state index is 0.335. The van der Waals surface area contributed by atoms with Crippen molar-refractivity contribution < 1.29 is 0 Å². The van der Waals surface area contributed by atoms with Crippen LogP contribution in [0.15, 0.2) is 67.0 Å². The molecule has 0 radical (unpaired) electrons. The van der Waals surface area contributed by atoms with Crippen molar-refractivity contribution in [2.45, 2.75) is 0 Å². The largest absolute Gasteiger partial charge is 0.284 e.